The zero-order valence-corrected chi connectivity index (χ0v) is 5.49. The van der Waals surface area contributed by atoms with Crippen molar-refractivity contribution in [1.29, 1.82) is 0 Å². The number of hydrogen-bond acceptors (Lipinski definition) is 2. The van der Waals surface area contributed by atoms with Crippen molar-refractivity contribution < 1.29 is 5.21 Å². The van der Waals surface area contributed by atoms with Crippen LogP contribution in [0.2, 0.25) is 0 Å². The first-order valence-electron chi connectivity index (χ1n) is 2.92. The topological polar surface area (TPSA) is 32.6 Å². The highest BCUT2D eigenvalue weighted by Crippen LogP contribution is 1.99. The van der Waals surface area contributed by atoms with E-state index in [0.29, 0.717) is 0 Å². The van der Waals surface area contributed by atoms with E-state index < -0.39 is 0 Å². The monoisotopic (exact) mass is 134 g/mol. The van der Waals surface area contributed by atoms with Crippen LogP contribution in [0.1, 0.15) is 11.1 Å². The lowest BCUT2D eigenvalue weighted by Crippen LogP contribution is -1.79. The lowest BCUT2D eigenvalue weighted by atomic mass is 10.2. The van der Waals surface area contributed by atoms with Gasteiger partial charge in [-0.25, -0.2) is 0 Å². The average Bonchev–Trinajstić information content (AvgIpc) is 1.95. The number of oxime groups is 1. The maximum Gasteiger partial charge on any atom is 0.0733 e. The number of nitrogens with zero attached hydrogens (tertiary/aromatic N) is 1. The van der Waals surface area contributed by atoms with Gasteiger partial charge in [0.05, 0.1) is 6.21 Å². The van der Waals surface area contributed by atoms with E-state index in [0.717, 1.165) is 11.1 Å². The lowest BCUT2D eigenvalue weighted by molar-refractivity contribution is 0.322. The Bertz CT molecular complexity index is 226. The molecule has 0 amide bonds. The second kappa shape index (κ2) is 3.01. The molecule has 1 N–H and O–H groups in total. The van der Waals surface area contributed by atoms with Gasteiger partial charge in [-0.2, -0.15) is 0 Å². The van der Waals surface area contributed by atoms with Crippen LogP contribution in [0.25, 0.3) is 0 Å². The summed E-state index contributed by atoms with van der Waals surface area (Å²) in [6.45, 7) is 3.71. The van der Waals surface area contributed by atoms with Crippen LogP contribution in [0.15, 0.2) is 29.4 Å². The summed E-state index contributed by atoms with van der Waals surface area (Å²) in [4.78, 5) is 0. The van der Waals surface area contributed by atoms with Gasteiger partial charge in [-0.05, 0) is 18.1 Å². The maximum absolute atomic E-state index is 8.14. The summed E-state index contributed by atoms with van der Waals surface area (Å²) in [7, 11) is 0. The van der Waals surface area contributed by atoms with Crippen molar-refractivity contribution in [3.05, 3.63) is 42.3 Å². The first-order chi connectivity index (χ1) is 4.83. The fourth-order valence-electron chi connectivity index (χ4n) is 0.670. The van der Waals surface area contributed by atoms with Gasteiger partial charge in [-0.1, -0.05) is 29.4 Å². The third-order valence-electron chi connectivity index (χ3n) is 1.19. The van der Waals surface area contributed by atoms with Gasteiger partial charge in [0.1, 0.15) is 0 Å². The van der Waals surface area contributed by atoms with E-state index in [9.17, 15) is 0 Å². The lowest BCUT2D eigenvalue weighted by Gasteiger charge is -1.91. The molecule has 2 nitrogen and oxygen atoms in total. The molecule has 0 saturated heterocycles. The fraction of sp³-hybridized carbons (Fsp3) is 0. The molecule has 2 heteroatoms. The highest BCUT2D eigenvalue weighted by molar-refractivity contribution is 5.78. The zero-order valence-electron chi connectivity index (χ0n) is 5.49. The first kappa shape index (κ1) is 6.81. The van der Waals surface area contributed by atoms with Crippen LogP contribution < -0.4 is 0 Å². The Labute approximate surface area is 59.8 Å². The SMILES string of the molecule is [CH2]c1ccc(C=NO)cc1. The Morgan fingerprint density at radius 2 is 1.90 bits per heavy atom. The van der Waals surface area contributed by atoms with E-state index in [1.807, 2.05) is 24.3 Å². The molecule has 0 aromatic heterocycles. The number of rotatable bonds is 1. The molecule has 0 heterocycles. The summed E-state index contributed by atoms with van der Waals surface area (Å²) in [5.41, 5.74) is 1.82. The van der Waals surface area contributed by atoms with Crippen LogP contribution in [-0.2, 0) is 0 Å². The third-order valence-corrected chi connectivity index (χ3v) is 1.19. The van der Waals surface area contributed by atoms with Gasteiger partial charge in [-0.3, -0.25) is 0 Å². The van der Waals surface area contributed by atoms with Crippen LogP contribution in [0.4, 0.5) is 0 Å². The summed E-state index contributed by atoms with van der Waals surface area (Å²) in [6, 6.07) is 7.39. The predicted octanol–water partition coefficient (Wildman–Crippen LogP) is 1.68. The summed E-state index contributed by atoms with van der Waals surface area (Å²) in [5.74, 6) is 0. The van der Waals surface area contributed by atoms with Crippen LogP contribution >= 0.6 is 0 Å². The van der Waals surface area contributed by atoms with Crippen molar-refractivity contribution in [3.8, 4) is 0 Å². The molecule has 0 unspecified atom stereocenters. The summed E-state index contributed by atoms with van der Waals surface area (Å²) < 4.78 is 0. The van der Waals surface area contributed by atoms with Gasteiger partial charge >= 0.3 is 0 Å². The Hall–Kier alpha value is -1.31. The van der Waals surface area contributed by atoms with Crippen LogP contribution in [-0.4, -0.2) is 11.4 Å². The molecule has 0 fully saturated rings. The molecule has 1 aromatic rings. The minimum atomic E-state index is 0.870. The van der Waals surface area contributed by atoms with Gasteiger partial charge in [0.15, 0.2) is 0 Å². The van der Waals surface area contributed by atoms with Crippen molar-refractivity contribution in [2.45, 2.75) is 0 Å². The first-order valence-corrected chi connectivity index (χ1v) is 2.92. The van der Waals surface area contributed by atoms with Crippen LogP contribution in [0, 0.1) is 6.92 Å². The average molecular weight is 134 g/mol. The standard InChI is InChI=1S/C8H8NO/c1-7-2-4-8(5-3-7)6-9-10/h2-6,10H,1H2. The molecule has 0 aliphatic heterocycles. The van der Waals surface area contributed by atoms with Crippen molar-refractivity contribution in [1.82, 2.24) is 0 Å². The van der Waals surface area contributed by atoms with Crippen molar-refractivity contribution in [2.24, 2.45) is 5.16 Å². The Balaban J connectivity index is 2.89. The van der Waals surface area contributed by atoms with E-state index in [1.165, 1.54) is 6.21 Å². The summed E-state index contributed by atoms with van der Waals surface area (Å²) in [5, 5.41) is 11.0. The maximum atomic E-state index is 8.14. The molecule has 51 valence electrons. The molecule has 1 radical (unpaired) electrons. The van der Waals surface area contributed by atoms with E-state index in [1.54, 1.807) is 0 Å². The van der Waals surface area contributed by atoms with Gasteiger partial charge in [0, 0.05) is 0 Å². The highest BCUT2D eigenvalue weighted by atomic mass is 16.4. The molecule has 10 heavy (non-hydrogen) atoms. The zero-order chi connectivity index (χ0) is 7.40. The van der Waals surface area contributed by atoms with Gasteiger partial charge < -0.3 is 5.21 Å². The predicted molar refractivity (Wildman–Crippen MR) is 40.3 cm³/mol. The van der Waals surface area contributed by atoms with E-state index in [2.05, 4.69) is 12.1 Å². The Morgan fingerprint density at radius 1 is 1.30 bits per heavy atom. The summed E-state index contributed by atoms with van der Waals surface area (Å²) in [6.07, 6.45) is 1.37. The summed E-state index contributed by atoms with van der Waals surface area (Å²) >= 11 is 0. The van der Waals surface area contributed by atoms with Crippen molar-refractivity contribution in [3.63, 3.8) is 0 Å². The molecule has 0 aliphatic carbocycles. The van der Waals surface area contributed by atoms with Crippen LogP contribution in [0.3, 0.4) is 0 Å². The molecule has 0 aliphatic rings. The minimum absolute atomic E-state index is 0.870. The normalized spacial score (nSPS) is 10.5. The molecule has 0 saturated carbocycles. The Kier molecular flexibility index (Phi) is 2.05. The van der Waals surface area contributed by atoms with Gasteiger partial charge in [0.2, 0.25) is 0 Å². The molecule has 1 rings (SSSR count). The quantitative estimate of drug-likeness (QED) is 0.353. The van der Waals surface area contributed by atoms with Gasteiger partial charge in [0.25, 0.3) is 0 Å². The molecule has 0 bridgehead atoms. The van der Waals surface area contributed by atoms with E-state index >= 15 is 0 Å². The molecule has 0 atom stereocenters. The fourth-order valence-corrected chi connectivity index (χ4v) is 0.670. The largest absolute Gasteiger partial charge is 0.411 e. The van der Waals surface area contributed by atoms with E-state index in [4.69, 9.17) is 5.21 Å². The minimum Gasteiger partial charge on any atom is -0.411 e. The molecular formula is C8H8NO. The number of hydrogen-bond donors (Lipinski definition) is 1. The molecule has 1 aromatic carbocycles. The second-order valence-corrected chi connectivity index (χ2v) is 1.99. The second-order valence-electron chi connectivity index (χ2n) is 1.99. The Morgan fingerprint density at radius 3 is 2.40 bits per heavy atom. The molecule has 0 spiro atoms. The smallest absolute Gasteiger partial charge is 0.0733 e. The number of benzene rings is 1. The van der Waals surface area contributed by atoms with Crippen molar-refractivity contribution >= 4 is 6.21 Å². The van der Waals surface area contributed by atoms with Gasteiger partial charge in [-0.15, -0.1) is 0 Å². The van der Waals surface area contributed by atoms with E-state index in [-0.39, 0.29) is 0 Å². The third kappa shape index (κ3) is 1.58. The molecular weight excluding hydrogens is 126 g/mol. The highest BCUT2D eigenvalue weighted by Gasteiger charge is 1.85. The van der Waals surface area contributed by atoms with Crippen LogP contribution in [0.5, 0.6) is 0 Å². The van der Waals surface area contributed by atoms with Crippen molar-refractivity contribution in [2.75, 3.05) is 0 Å².